The van der Waals surface area contributed by atoms with Crippen LogP contribution in [-0.4, -0.2) is 57.8 Å². The lowest BCUT2D eigenvalue weighted by Gasteiger charge is -2.37. The van der Waals surface area contributed by atoms with Crippen LogP contribution in [-0.2, 0) is 4.79 Å². The van der Waals surface area contributed by atoms with E-state index in [0.29, 0.717) is 19.5 Å². The second-order valence-corrected chi connectivity index (χ2v) is 9.06. The minimum Gasteiger partial charge on any atom is -0.497 e. The topological polar surface area (TPSA) is 95.8 Å². The van der Waals surface area contributed by atoms with Crippen molar-refractivity contribution >= 4 is 16.9 Å². The van der Waals surface area contributed by atoms with Crippen molar-refractivity contribution in [3.05, 3.63) is 66.1 Å². The summed E-state index contributed by atoms with van der Waals surface area (Å²) in [5.74, 6) is 6.53. The SMILES string of the molecule is COc1ccc2nccc(C(O)CC[C@@H]3CCN(CC#Cc4cccnc4)C[C@@H]3CC(=O)O)c2c1. The summed E-state index contributed by atoms with van der Waals surface area (Å²) in [6, 6.07) is 11.3. The molecule has 3 heterocycles. The maximum absolute atomic E-state index is 11.6. The van der Waals surface area contributed by atoms with Crippen molar-refractivity contribution in [2.24, 2.45) is 11.8 Å². The molecule has 0 spiro atoms. The van der Waals surface area contributed by atoms with Crippen molar-refractivity contribution in [2.75, 3.05) is 26.7 Å². The number of likely N-dealkylation sites (tertiary alicyclic amines) is 1. The second kappa shape index (κ2) is 11.8. The molecule has 0 radical (unpaired) electrons. The Balaban J connectivity index is 1.39. The fourth-order valence-corrected chi connectivity index (χ4v) is 4.92. The lowest BCUT2D eigenvalue weighted by Crippen LogP contribution is -2.41. The summed E-state index contributed by atoms with van der Waals surface area (Å²) in [5.41, 5.74) is 2.51. The van der Waals surface area contributed by atoms with E-state index in [4.69, 9.17) is 4.74 Å². The van der Waals surface area contributed by atoms with Crippen molar-refractivity contribution in [3.63, 3.8) is 0 Å². The van der Waals surface area contributed by atoms with Gasteiger partial charge in [0.15, 0.2) is 0 Å². The number of carbonyl (C=O) groups is 1. The van der Waals surface area contributed by atoms with Crippen LogP contribution in [0.5, 0.6) is 5.75 Å². The van der Waals surface area contributed by atoms with E-state index in [0.717, 1.165) is 47.2 Å². The third-order valence-electron chi connectivity index (χ3n) is 6.76. The number of fused-ring (bicyclic) bond motifs is 1. The molecule has 7 heteroatoms. The first-order valence-corrected chi connectivity index (χ1v) is 12.0. The van der Waals surface area contributed by atoms with Crippen LogP contribution >= 0.6 is 0 Å². The largest absolute Gasteiger partial charge is 0.497 e. The van der Waals surface area contributed by atoms with Crippen LogP contribution in [0.3, 0.4) is 0 Å². The minimum absolute atomic E-state index is 0.0305. The van der Waals surface area contributed by atoms with Crippen molar-refractivity contribution in [1.29, 1.82) is 0 Å². The molecule has 1 aromatic carbocycles. The van der Waals surface area contributed by atoms with Gasteiger partial charge in [-0.05, 0) is 79.6 Å². The number of aliphatic hydroxyl groups excluding tert-OH is 1. The van der Waals surface area contributed by atoms with Crippen LogP contribution in [0.1, 0.15) is 42.9 Å². The maximum atomic E-state index is 11.6. The number of carboxylic acids is 1. The predicted molar refractivity (Wildman–Crippen MR) is 134 cm³/mol. The number of rotatable bonds is 8. The zero-order valence-electron chi connectivity index (χ0n) is 19.9. The molecule has 1 saturated heterocycles. The molecule has 7 nitrogen and oxygen atoms in total. The van der Waals surface area contributed by atoms with E-state index in [1.165, 1.54) is 0 Å². The van der Waals surface area contributed by atoms with Gasteiger partial charge in [0.05, 0.1) is 25.3 Å². The van der Waals surface area contributed by atoms with Gasteiger partial charge in [-0.1, -0.05) is 11.8 Å². The minimum atomic E-state index is -0.781. The van der Waals surface area contributed by atoms with Crippen LogP contribution < -0.4 is 4.74 Å². The molecule has 182 valence electrons. The summed E-state index contributed by atoms with van der Waals surface area (Å²) in [6.45, 7) is 2.17. The summed E-state index contributed by atoms with van der Waals surface area (Å²) < 4.78 is 5.34. The fraction of sp³-hybridized carbons (Fsp3) is 0.393. The molecule has 2 aromatic heterocycles. The summed E-state index contributed by atoms with van der Waals surface area (Å²) in [5, 5.41) is 21.4. The first kappa shape index (κ1) is 24.6. The molecule has 1 aliphatic heterocycles. The van der Waals surface area contributed by atoms with E-state index in [2.05, 4.69) is 26.7 Å². The van der Waals surface area contributed by atoms with Gasteiger partial charge in [-0.25, -0.2) is 0 Å². The van der Waals surface area contributed by atoms with Crippen LogP contribution in [0, 0.1) is 23.7 Å². The Bertz CT molecular complexity index is 1210. The zero-order chi connectivity index (χ0) is 24.6. The Hall–Kier alpha value is -3.47. The highest BCUT2D eigenvalue weighted by Gasteiger charge is 2.31. The number of pyridine rings is 2. The average molecular weight is 474 g/mol. The van der Waals surface area contributed by atoms with Crippen LogP contribution in [0.2, 0.25) is 0 Å². The molecule has 2 N–H and O–H groups in total. The lowest BCUT2D eigenvalue weighted by atomic mass is 9.79. The maximum Gasteiger partial charge on any atom is 0.303 e. The first-order valence-electron chi connectivity index (χ1n) is 12.0. The van der Waals surface area contributed by atoms with E-state index in [-0.39, 0.29) is 18.3 Å². The molecule has 0 saturated carbocycles. The molecule has 1 fully saturated rings. The smallest absolute Gasteiger partial charge is 0.303 e. The third kappa shape index (κ3) is 6.56. The van der Waals surface area contributed by atoms with E-state index in [1.54, 1.807) is 25.7 Å². The van der Waals surface area contributed by atoms with E-state index in [1.807, 2.05) is 36.4 Å². The number of aliphatic hydroxyl groups is 1. The summed E-state index contributed by atoms with van der Waals surface area (Å²) in [6.07, 6.45) is 6.87. The highest BCUT2D eigenvalue weighted by Crippen LogP contribution is 2.34. The summed E-state index contributed by atoms with van der Waals surface area (Å²) >= 11 is 0. The number of nitrogens with zero attached hydrogens (tertiary/aromatic N) is 3. The van der Waals surface area contributed by atoms with Gasteiger partial charge in [0.25, 0.3) is 0 Å². The van der Waals surface area contributed by atoms with Crippen molar-refractivity contribution in [1.82, 2.24) is 14.9 Å². The normalized spacial score (nSPS) is 19.0. The van der Waals surface area contributed by atoms with Gasteiger partial charge in [0.1, 0.15) is 5.75 Å². The molecule has 3 aromatic rings. The Morgan fingerprint density at radius 1 is 1.26 bits per heavy atom. The molecular weight excluding hydrogens is 442 g/mol. The summed E-state index contributed by atoms with van der Waals surface area (Å²) in [7, 11) is 1.62. The molecule has 35 heavy (non-hydrogen) atoms. The number of carboxylic acid groups (broad SMARTS) is 1. The van der Waals surface area contributed by atoms with Crippen LogP contribution in [0.15, 0.2) is 55.0 Å². The quantitative estimate of drug-likeness (QED) is 0.479. The highest BCUT2D eigenvalue weighted by molar-refractivity contribution is 5.83. The number of benzene rings is 1. The van der Waals surface area contributed by atoms with Crippen LogP contribution in [0.25, 0.3) is 10.9 Å². The molecule has 1 aliphatic rings. The number of piperidine rings is 1. The third-order valence-corrected chi connectivity index (χ3v) is 6.76. The molecule has 1 unspecified atom stereocenters. The Morgan fingerprint density at radius 2 is 2.14 bits per heavy atom. The number of aromatic nitrogens is 2. The number of hydrogen-bond donors (Lipinski definition) is 2. The Kier molecular flexibility index (Phi) is 8.30. The molecule has 4 rings (SSSR count). The molecule has 3 atom stereocenters. The Morgan fingerprint density at radius 3 is 2.91 bits per heavy atom. The van der Waals surface area contributed by atoms with Crippen molar-refractivity contribution in [2.45, 2.75) is 31.8 Å². The average Bonchev–Trinajstić information content (AvgIpc) is 2.87. The number of methoxy groups -OCH3 is 1. The molecule has 0 bridgehead atoms. The lowest BCUT2D eigenvalue weighted by molar-refractivity contribution is -0.139. The van der Waals surface area contributed by atoms with Gasteiger partial charge in [0, 0.05) is 42.5 Å². The summed E-state index contributed by atoms with van der Waals surface area (Å²) in [4.78, 5) is 22.3. The standard InChI is InChI=1S/C28H31N3O4/c1-35-23-7-8-26-25(17-23)24(10-13-30-26)27(32)9-6-21-11-15-31(19-22(21)16-28(33)34)14-3-5-20-4-2-12-29-18-20/h2,4,7-8,10,12-13,17-18,21-22,27,32H,6,9,11,14-16,19H2,1H3,(H,33,34)/t21-,22+,27?/m1/s1. The van der Waals surface area contributed by atoms with Gasteiger partial charge in [-0.15, -0.1) is 0 Å². The molecule has 0 aliphatic carbocycles. The van der Waals surface area contributed by atoms with Gasteiger partial charge in [0.2, 0.25) is 0 Å². The van der Waals surface area contributed by atoms with Crippen molar-refractivity contribution < 1.29 is 19.7 Å². The van der Waals surface area contributed by atoms with Gasteiger partial charge in [-0.2, -0.15) is 0 Å². The highest BCUT2D eigenvalue weighted by atomic mass is 16.5. The van der Waals surface area contributed by atoms with E-state index in [9.17, 15) is 15.0 Å². The van der Waals surface area contributed by atoms with E-state index < -0.39 is 12.1 Å². The zero-order valence-corrected chi connectivity index (χ0v) is 19.9. The second-order valence-electron chi connectivity index (χ2n) is 9.06. The first-order chi connectivity index (χ1) is 17.0. The van der Waals surface area contributed by atoms with Crippen LogP contribution in [0.4, 0.5) is 0 Å². The fourth-order valence-electron chi connectivity index (χ4n) is 4.92. The van der Waals surface area contributed by atoms with Crippen molar-refractivity contribution in [3.8, 4) is 17.6 Å². The van der Waals surface area contributed by atoms with E-state index >= 15 is 0 Å². The van der Waals surface area contributed by atoms with Gasteiger partial charge >= 0.3 is 5.97 Å². The predicted octanol–water partition coefficient (Wildman–Crippen LogP) is 3.92. The van der Waals surface area contributed by atoms with Gasteiger partial charge in [-0.3, -0.25) is 19.7 Å². The molecular formula is C28H31N3O4. The number of hydrogen-bond acceptors (Lipinski definition) is 6. The van der Waals surface area contributed by atoms with Gasteiger partial charge < -0.3 is 14.9 Å². The molecule has 0 amide bonds. The number of aliphatic carboxylic acids is 1. The Labute approximate surface area is 205 Å². The monoisotopic (exact) mass is 473 g/mol. The number of ether oxygens (including phenoxy) is 1.